The molecule has 1 fully saturated rings. The summed E-state index contributed by atoms with van der Waals surface area (Å²) in [4.78, 5) is 0. The molecule has 0 atom stereocenters. The first kappa shape index (κ1) is 10.2. The predicted octanol–water partition coefficient (Wildman–Crippen LogP) is 2.61. The molecule has 2 nitrogen and oxygen atoms in total. The Morgan fingerprint density at radius 3 is 2.81 bits per heavy atom. The van der Waals surface area contributed by atoms with Crippen molar-refractivity contribution in [3.63, 3.8) is 0 Å². The van der Waals surface area contributed by atoms with Crippen LogP contribution in [0.25, 0.3) is 0 Å². The first-order valence-electron chi connectivity index (χ1n) is 6.22. The summed E-state index contributed by atoms with van der Waals surface area (Å²) in [5, 5.41) is 3.57. The molecule has 0 bridgehead atoms. The van der Waals surface area contributed by atoms with E-state index >= 15 is 0 Å². The van der Waals surface area contributed by atoms with Gasteiger partial charge in [-0.05, 0) is 36.1 Å². The second-order valence-corrected chi connectivity index (χ2v) is 5.11. The van der Waals surface area contributed by atoms with Crippen molar-refractivity contribution >= 4 is 0 Å². The second kappa shape index (κ2) is 3.77. The van der Waals surface area contributed by atoms with Crippen molar-refractivity contribution in [1.82, 2.24) is 5.32 Å². The quantitative estimate of drug-likeness (QED) is 0.780. The Hall–Kier alpha value is -1.02. The third-order valence-corrected chi connectivity index (χ3v) is 4.23. The smallest absolute Gasteiger partial charge is 0.119 e. The molecule has 1 aromatic rings. The number of nitrogens with one attached hydrogen (secondary N) is 1. The van der Waals surface area contributed by atoms with Crippen LogP contribution in [0.3, 0.4) is 0 Å². The maximum Gasteiger partial charge on any atom is 0.119 e. The summed E-state index contributed by atoms with van der Waals surface area (Å²) in [7, 11) is 1.75. The van der Waals surface area contributed by atoms with Gasteiger partial charge in [0.25, 0.3) is 0 Å². The van der Waals surface area contributed by atoms with Crippen LogP contribution in [0.2, 0.25) is 0 Å². The molecule has 1 aliphatic heterocycles. The van der Waals surface area contributed by atoms with Crippen molar-refractivity contribution in [3.05, 3.63) is 29.3 Å². The van der Waals surface area contributed by atoms with Crippen LogP contribution >= 0.6 is 0 Å². The van der Waals surface area contributed by atoms with E-state index in [1.807, 2.05) is 0 Å². The fourth-order valence-electron chi connectivity index (χ4n) is 3.36. The number of benzene rings is 1. The average molecular weight is 217 g/mol. The van der Waals surface area contributed by atoms with Crippen LogP contribution in [-0.4, -0.2) is 13.7 Å². The van der Waals surface area contributed by atoms with E-state index in [4.69, 9.17) is 4.74 Å². The number of rotatable bonds is 1. The van der Waals surface area contributed by atoms with Crippen molar-refractivity contribution in [3.8, 4) is 5.75 Å². The van der Waals surface area contributed by atoms with Crippen LogP contribution in [-0.2, 0) is 12.0 Å². The van der Waals surface area contributed by atoms with E-state index in [1.54, 1.807) is 12.7 Å². The molecule has 2 aliphatic rings. The molecule has 0 unspecified atom stereocenters. The highest BCUT2D eigenvalue weighted by atomic mass is 16.5. The van der Waals surface area contributed by atoms with E-state index in [0.717, 1.165) is 18.8 Å². The molecule has 2 heteroatoms. The number of hydrogen-bond acceptors (Lipinski definition) is 2. The van der Waals surface area contributed by atoms with Gasteiger partial charge in [-0.2, -0.15) is 0 Å². The zero-order valence-electron chi connectivity index (χ0n) is 9.88. The van der Waals surface area contributed by atoms with E-state index < -0.39 is 0 Å². The van der Waals surface area contributed by atoms with Gasteiger partial charge in [0.15, 0.2) is 0 Å². The normalized spacial score (nSPS) is 22.1. The maximum atomic E-state index is 5.36. The molecule has 1 N–H and O–H groups in total. The summed E-state index contributed by atoms with van der Waals surface area (Å²) in [5.74, 6) is 1.01. The molecule has 0 aromatic heterocycles. The fraction of sp³-hybridized carbons (Fsp3) is 0.571. The van der Waals surface area contributed by atoms with E-state index in [9.17, 15) is 0 Å². The first-order chi connectivity index (χ1) is 7.84. The molecule has 1 saturated carbocycles. The number of methoxy groups -OCH3 is 1. The van der Waals surface area contributed by atoms with Gasteiger partial charge in [-0.25, -0.2) is 0 Å². The summed E-state index contributed by atoms with van der Waals surface area (Å²) < 4.78 is 5.36. The Kier molecular flexibility index (Phi) is 2.40. The van der Waals surface area contributed by atoms with Gasteiger partial charge >= 0.3 is 0 Å². The summed E-state index contributed by atoms with van der Waals surface area (Å²) >= 11 is 0. The Labute approximate surface area is 97.0 Å². The van der Waals surface area contributed by atoms with Crippen molar-refractivity contribution in [2.45, 2.75) is 37.6 Å². The minimum atomic E-state index is 0.405. The molecule has 1 aromatic carbocycles. The Morgan fingerprint density at radius 2 is 2.06 bits per heavy atom. The summed E-state index contributed by atoms with van der Waals surface area (Å²) in [6.07, 6.45) is 5.41. The number of fused-ring (bicyclic) bond motifs is 2. The molecule has 1 spiro atoms. The SMILES string of the molecule is COc1ccc2c(c1)C1(CCCC1)CNC2. The molecule has 3 rings (SSSR count). The van der Waals surface area contributed by atoms with Crippen molar-refractivity contribution in [2.75, 3.05) is 13.7 Å². The lowest BCUT2D eigenvalue weighted by atomic mass is 9.74. The van der Waals surface area contributed by atoms with E-state index in [0.29, 0.717) is 5.41 Å². The van der Waals surface area contributed by atoms with Gasteiger partial charge in [0, 0.05) is 18.5 Å². The topological polar surface area (TPSA) is 21.3 Å². The van der Waals surface area contributed by atoms with Crippen LogP contribution < -0.4 is 10.1 Å². The van der Waals surface area contributed by atoms with Gasteiger partial charge < -0.3 is 10.1 Å². The Balaban J connectivity index is 2.08. The van der Waals surface area contributed by atoms with Crippen molar-refractivity contribution in [2.24, 2.45) is 0 Å². The van der Waals surface area contributed by atoms with Gasteiger partial charge in [0.05, 0.1) is 7.11 Å². The zero-order valence-corrected chi connectivity index (χ0v) is 9.88. The van der Waals surface area contributed by atoms with Crippen LogP contribution in [0.4, 0.5) is 0 Å². The standard InChI is InChI=1S/C14H19NO/c1-16-12-5-4-11-9-15-10-14(13(11)8-12)6-2-3-7-14/h4-5,8,15H,2-3,6-7,9-10H2,1H3. The van der Waals surface area contributed by atoms with Gasteiger partial charge in [-0.1, -0.05) is 18.9 Å². The largest absolute Gasteiger partial charge is 0.497 e. The maximum absolute atomic E-state index is 5.36. The van der Waals surface area contributed by atoms with Crippen LogP contribution in [0, 0.1) is 0 Å². The van der Waals surface area contributed by atoms with Crippen LogP contribution in [0.5, 0.6) is 5.75 Å². The van der Waals surface area contributed by atoms with Crippen molar-refractivity contribution in [1.29, 1.82) is 0 Å². The first-order valence-corrected chi connectivity index (χ1v) is 6.22. The van der Waals surface area contributed by atoms with Gasteiger partial charge in [0.2, 0.25) is 0 Å². The van der Waals surface area contributed by atoms with E-state index in [2.05, 4.69) is 23.5 Å². The van der Waals surface area contributed by atoms with E-state index in [1.165, 1.54) is 31.2 Å². The molecule has 1 heterocycles. The summed E-state index contributed by atoms with van der Waals surface area (Å²) in [6.45, 7) is 2.16. The second-order valence-electron chi connectivity index (χ2n) is 5.11. The molecule has 16 heavy (non-hydrogen) atoms. The Bertz CT molecular complexity index is 394. The van der Waals surface area contributed by atoms with Crippen LogP contribution in [0.15, 0.2) is 18.2 Å². The summed E-state index contributed by atoms with van der Waals surface area (Å²) in [6, 6.07) is 6.57. The molecule has 0 saturated heterocycles. The van der Waals surface area contributed by atoms with E-state index in [-0.39, 0.29) is 0 Å². The molecule has 1 aliphatic carbocycles. The molecular formula is C14H19NO. The summed E-state index contributed by atoms with van der Waals surface area (Å²) in [5.41, 5.74) is 3.42. The van der Waals surface area contributed by atoms with Crippen molar-refractivity contribution < 1.29 is 4.74 Å². The monoisotopic (exact) mass is 217 g/mol. The minimum Gasteiger partial charge on any atom is -0.497 e. The predicted molar refractivity (Wildman–Crippen MR) is 64.8 cm³/mol. The highest BCUT2D eigenvalue weighted by Crippen LogP contribution is 2.44. The highest BCUT2D eigenvalue weighted by molar-refractivity contribution is 5.43. The molecule has 86 valence electrons. The lowest BCUT2D eigenvalue weighted by molar-refractivity contribution is 0.369. The average Bonchev–Trinajstić information content (AvgIpc) is 2.79. The van der Waals surface area contributed by atoms with Gasteiger partial charge in [-0.15, -0.1) is 0 Å². The molecular weight excluding hydrogens is 198 g/mol. The minimum absolute atomic E-state index is 0.405. The lowest BCUT2D eigenvalue weighted by Gasteiger charge is -2.36. The number of ether oxygens (including phenoxy) is 1. The zero-order chi connectivity index (χ0) is 11.0. The van der Waals surface area contributed by atoms with Gasteiger partial charge in [-0.3, -0.25) is 0 Å². The fourth-order valence-corrected chi connectivity index (χ4v) is 3.36. The molecule has 0 amide bonds. The third-order valence-electron chi connectivity index (χ3n) is 4.23. The lowest BCUT2D eigenvalue weighted by Crippen LogP contribution is -2.41. The third kappa shape index (κ3) is 1.44. The molecule has 0 radical (unpaired) electrons. The van der Waals surface area contributed by atoms with Gasteiger partial charge in [0.1, 0.15) is 5.75 Å². The highest BCUT2D eigenvalue weighted by Gasteiger charge is 2.39. The Morgan fingerprint density at radius 1 is 1.25 bits per heavy atom. The van der Waals surface area contributed by atoms with Crippen LogP contribution in [0.1, 0.15) is 36.8 Å². The number of hydrogen-bond donors (Lipinski definition) is 1.